The molecule has 24 heavy (non-hydrogen) atoms. The van der Waals surface area contributed by atoms with Crippen molar-refractivity contribution in [2.75, 3.05) is 13.1 Å². The average Bonchev–Trinajstić information content (AvgIpc) is 2.62. The number of benzene rings is 2. The molecule has 2 aromatic carbocycles. The van der Waals surface area contributed by atoms with E-state index in [1.165, 1.54) is 23.2 Å². The Morgan fingerprint density at radius 2 is 1.83 bits per heavy atom. The van der Waals surface area contributed by atoms with Crippen LogP contribution < -0.4 is 10.2 Å². The van der Waals surface area contributed by atoms with E-state index < -0.39 is 0 Å². The second-order valence-corrected chi connectivity index (χ2v) is 6.68. The lowest BCUT2D eigenvalue weighted by Gasteiger charge is -2.26. The first-order chi connectivity index (χ1) is 11.8. The summed E-state index contributed by atoms with van der Waals surface area (Å²) in [5, 5.41) is 2.97. The second kappa shape index (κ2) is 8.11. The Hall–Kier alpha value is -2.13. The molecule has 3 rings (SSSR count). The second-order valence-electron chi connectivity index (χ2n) is 6.68. The predicted octanol–water partition coefficient (Wildman–Crippen LogP) is 2.36. The number of quaternary nitrogens is 1. The molecular weight excluding hydrogens is 296 g/mol. The van der Waals surface area contributed by atoms with Crippen LogP contribution in [0.1, 0.15) is 46.8 Å². The van der Waals surface area contributed by atoms with Crippen LogP contribution in [-0.4, -0.2) is 19.0 Å². The third kappa shape index (κ3) is 4.24. The molecule has 0 aromatic heterocycles. The van der Waals surface area contributed by atoms with Crippen LogP contribution in [0.25, 0.3) is 0 Å². The summed E-state index contributed by atoms with van der Waals surface area (Å²) in [4.78, 5) is 13.6. The van der Waals surface area contributed by atoms with E-state index in [1.54, 1.807) is 4.90 Å². The van der Waals surface area contributed by atoms with Crippen LogP contribution in [0.3, 0.4) is 0 Å². The van der Waals surface area contributed by atoms with E-state index in [2.05, 4.69) is 48.6 Å². The van der Waals surface area contributed by atoms with Gasteiger partial charge < -0.3 is 10.2 Å². The number of nitrogens with one attached hydrogen (secondary N) is 2. The van der Waals surface area contributed by atoms with Crippen molar-refractivity contribution >= 4 is 5.91 Å². The van der Waals surface area contributed by atoms with Crippen molar-refractivity contribution in [3.63, 3.8) is 0 Å². The molecule has 1 aliphatic rings. The molecule has 1 amide bonds. The summed E-state index contributed by atoms with van der Waals surface area (Å²) in [5.41, 5.74) is 5.04. The number of carbonyl (C=O) groups is 1. The highest BCUT2D eigenvalue weighted by molar-refractivity contribution is 5.94. The lowest BCUT2D eigenvalue weighted by Crippen LogP contribution is -3.10. The van der Waals surface area contributed by atoms with Gasteiger partial charge >= 0.3 is 0 Å². The topological polar surface area (TPSA) is 33.5 Å². The molecule has 2 N–H and O–H groups in total. The van der Waals surface area contributed by atoms with Gasteiger partial charge in [-0.15, -0.1) is 0 Å². The molecule has 1 aliphatic heterocycles. The van der Waals surface area contributed by atoms with Gasteiger partial charge in [-0.3, -0.25) is 4.79 Å². The zero-order chi connectivity index (χ0) is 16.8. The molecule has 0 spiro atoms. The molecule has 0 aliphatic carbocycles. The van der Waals surface area contributed by atoms with E-state index in [9.17, 15) is 4.79 Å². The van der Waals surface area contributed by atoms with E-state index >= 15 is 0 Å². The standard InChI is InChI=1S/C21H26N2O/c1-2-3-13-22-21(24)19-10-8-17(9-11-19)15-23-14-12-18-6-4-5-7-20(18)16-23/h4-11H,2-3,12-16H2,1H3,(H,22,24)/p+1. The fraction of sp³-hybridized carbons (Fsp3) is 0.381. The minimum atomic E-state index is 0.0363. The molecule has 0 bridgehead atoms. The fourth-order valence-electron chi connectivity index (χ4n) is 3.34. The van der Waals surface area contributed by atoms with Gasteiger partial charge in [-0.25, -0.2) is 0 Å². The minimum Gasteiger partial charge on any atom is -0.352 e. The average molecular weight is 323 g/mol. The van der Waals surface area contributed by atoms with Gasteiger partial charge in [0, 0.05) is 29.7 Å². The van der Waals surface area contributed by atoms with E-state index in [0.717, 1.165) is 44.5 Å². The molecule has 2 aromatic rings. The minimum absolute atomic E-state index is 0.0363. The summed E-state index contributed by atoms with van der Waals surface area (Å²) in [5.74, 6) is 0.0363. The first-order valence-corrected chi connectivity index (χ1v) is 9.03. The van der Waals surface area contributed by atoms with Gasteiger partial charge in [0.15, 0.2) is 0 Å². The predicted molar refractivity (Wildman–Crippen MR) is 97.1 cm³/mol. The van der Waals surface area contributed by atoms with Crippen molar-refractivity contribution in [3.05, 3.63) is 70.8 Å². The van der Waals surface area contributed by atoms with E-state index in [4.69, 9.17) is 0 Å². The Morgan fingerprint density at radius 1 is 1.08 bits per heavy atom. The Kier molecular flexibility index (Phi) is 5.65. The number of hydrogen-bond acceptors (Lipinski definition) is 1. The Bertz CT molecular complexity index is 678. The van der Waals surface area contributed by atoms with Crippen molar-refractivity contribution in [2.24, 2.45) is 0 Å². The summed E-state index contributed by atoms with van der Waals surface area (Å²) in [7, 11) is 0. The molecule has 126 valence electrons. The quantitative estimate of drug-likeness (QED) is 0.786. The first-order valence-electron chi connectivity index (χ1n) is 9.03. The van der Waals surface area contributed by atoms with E-state index in [1.807, 2.05) is 12.1 Å². The van der Waals surface area contributed by atoms with Gasteiger partial charge in [-0.05, 0) is 24.1 Å². The molecule has 0 radical (unpaired) electrons. The summed E-state index contributed by atoms with van der Waals surface area (Å²) in [6.07, 6.45) is 3.29. The molecule has 0 saturated carbocycles. The highest BCUT2D eigenvalue weighted by Crippen LogP contribution is 2.11. The van der Waals surface area contributed by atoms with Crippen LogP contribution in [0.5, 0.6) is 0 Å². The Balaban J connectivity index is 1.56. The molecule has 3 heteroatoms. The van der Waals surface area contributed by atoms with Gasteiger partial charge in [-0.2, -0.15) is 0 Å². The lowest BCUT2D eigenvalue weighted by molar-refractivity contribution is -0.929. The first kappa shape index (κ1) is 16.7. The monoisotopic (exact) mass is 323 g/mol. The van der Waals surface area contributed by atoms with Crippen LogP contribution in [0, 0.1) is 0 Å². The van der Waals surface area contributed by atoms with Crippen LogP contribution >= 0.6 is 0 Å². The summed E-state index contributed by atoms with van der Waals surface area (Å²) >= 11 is 0. The molecule has 1 atom stereocenters. The van der Waals surface area contributed by atoms with Crippen LogP contribution in [0.2, 0.25) is 0 Å². The number of carbonyl (C=O) groups excluding carboxylic acids is 1. The SMILES string of the molecule is CCCCNC(=O)c1ccc(C[NH+]2CCc3ccccc3C2)cc1. The molecular formula is C21H27N2O+. The smallest absolute Gasteiger partial charge is 0.251 e. The molecule has 3 nitrogen and oxygen atoms in total. The van der Waals surface area contributed by atoms with Crippen molar-refractivity contribution in [1.29, 1.82) is 0 Å². The lowest BCUT2D eigenvalue weighted by atomic mass is 9.99. The van der Waals surface area contributed by atoms with Gasteiger partial charge in [0.2, 0.25) is 0 Å². The van der Waals surface area contributed by atoms with Crippen LogP contribution in [0.15, 0.2) is 48.5 Å². The largest absolute Gasteiger partial charge is 0.352 e. The van der Waals surface area contributed by atoms with E-state index in [0.29, 0.717) is 0 Å². The Labute approximate surface area is 144 Å². The summed E-state index contributed by atoms with van der Waals surface area (Å²) < 4.78 is 0. The molecule has 0 saturated heterocycles. The highest BCUT2D eigenvalue weighted by atomic mass is 16.1. The van der Waals surface area contributed by atoms with Crippen LogP contribution in [-0.2, 0) is 19.5 Å². The molecule has 1 unspecified atom stereocenters. The number of unbranched alkanes of at least 4 members (excludes halogenated alkanes) is 1. The number of fused-ring (bicyclic) bond motifs is 1. The van der Waals surface area contributed by atoms with Crippen molar-refractivity contribution in [2.45, 2.75) is 39.3 Å². The van der Waals surface area contributed by atoms with Gasteiger partial charge in [0.25, 0.3) is 5.91 Å². The van der Waals surface area contributed by atoms with Crippen molar-refractivity contribution < 1.29 is 9.69 Å². The molecule has 0 fully saturated rings. The van der Waals surface area contributed by atoms with Crippen molar-refractivity contribution in [1.82, 2.24) is 5.32 Å². The fourth-order valence-corrected chi connectivity index (χ4v) is 3.34. The van der Waals surface area contributed by atoms with Gasteiger partial charge in [0.05, 0.1) is 6.54 Å². The third-order valence-corrected chi connectivity index (χ3v) is 4.79. The molecule has 1 heterocycles. The highest BCUT2D eigenvalue weighted by Gasteiger charge is 2.19. The van der Waals surface area contributed by atoms with Gasteiger partial charge in [-0.1, -0.05) is 49.7 Å². The van der Waals surface area contributed by atoms with E-state index in [-0.39, 0.29) is 5.91 Å². The maximum absolute atomic E-state index is 12.0. The van der Waals surface area contributed by atoms with Gasteiger partial charge in [0.1, 0.15) is 13.1 Å². The zero-order valence-corrected chi connectivity index (χ0v) is 14.5. The summed E-state index contributed by atoms with van der Waals surface area (Å²) in [6.45, 7) is 6.18. The number of rotatable bonds is 6. The Morgan fingerprint density at radius 3 is 2.58 bits per heavy atom. The number of amides is 1. The normalized spacial score (nSPS) is 16.5. The number of hydrogen-bond donors (Lipinski definition) is 2. The van der Waals surface area contributed by atoms with Crippen molar-refractivity contribution in [3.8, 4) is 0 Å². The zero-order valence-electron chi connectivity index (χ0n) is 14.5. The maximum Gasteiger partial charge on any atom is 0.251 e. The third-order valence-electron chi connectivity index (χ3n) is 4.79. The summed E-state index contributed by atoms with van der Waals surface area (Å²) in [6, 6.07) is 16.9. The van der Waals surface area contributed by atoms with Crippen LogP contribution in [0.4, 0.5) is 0 Å². The maximum atomic E-state index is 12.0.